The molecule has 0 atom stereocenters. The topological polar surface area (TPSA) is 113 Å². The van der Waals surface area contributed by atoms with Gasteiger partial charge in [0.05, 0.1) is 0 Å². The van der Waals surface area contributed by atoms with Crippen LogP contribution in [-0.2, 0) is 20.1 Å². The molecule has 0 spiro atoms. The Hall–Kier alpha value is -2.69. The zero-order valence-electron chi connectivity index (χ0n) is 11.9. The molecular formula is C12H12FN3O6S. The largest absolute Gasteiger partial charge is 0.488 e. The van der Waals surface area contributed by atoms with Crippen molar-refractivity contribution in [2.45, 2.75) is 0 Å². The average molecular weight is 345 g/mol. The van der Waals surface area contributed by atoms with E-state index in [9.17, 15) is 26.7 Å². The second kappa shape index (κ2) is 6.20. The summed E-state index contributed by atoms with van der Waals surface area (Å²) in [7, 11) is -3.79. The van der Waals surface area contributed by atoms with Gasteiger partial charge in [0, 0.05) is 12.7 Å². The molecule has 1 aliphatic heterocycles. The number of nitrogens with zero attached hydrogens (tertiary/aromatic N) is 2. The Bertz CT molecular complexity index is 749. The van der Waals surface area contributed by atoms with Crippen molar-refractivity contribution in [1.82, 2.24) is 9.80 Å². The molecule has 1 N–H and O–H groups in total. The first-order valence-corrected chi connectivity index (χ1v) is 7.56. The van der Waals surface area contributed by atoms with Gasteiger partial charge in [-0.2, -0.15) is 8.42 Å². The first-order valence-electron chi connectivity index (χ1n) is 6.25. The van der Waals surface area contributed by atoms with Crippen LogP contribution < -0.4 is 9.50 Å². The maximum Gasteiger partial charge on any atom is 0.488 e. The smallest absolute Gasteiger partial charge is 0.358 e. The molecule has 11 heteroatoms. The van der Waals surface area contributed by atoms with E-state index >= 15 is 0 Å². The van der Waals surface area contributed by atoms with Crippen molar-refractivity contribution < 1.29 is 30.9 Å². The SMILES string of the molecule is CN1C(=O)CN(CC(=O)Nc2ccc(OS(=O)(=O)F)cc2)C1=O. The first-order chi connectivity index (χ1) is 10.7. The van der Waals surface area contributed by atoms with Crippen LogP contribution in [0.25, 0.3) is 0 Å². The molecule has 0 radical (unpaired) electrons. The molecule has 0 aromatic heterocycles. The van der Waals surface area contributed by atoms with Crippen LogP contribution in [0.5, 0.6) is 5.75 Å². The number of likely N-dealkylation sites (N-methyl/N-ethyl adjacent to an activating group) is 1. The summed E-state index contributed by atoms with van der Waals surface area (Å²) in [6.45, 7) is -0.490. The minimum absolute atomic E-state index is 0.177. The van der Waals surface area contributed by atoms with Gasteiger partial charge in [0.25, 0.3) is 0 Å². The maximum atomic E-state index is 12.3. The van der Waals surface area contributed by atoms with E-state index in [1.165, 1.54) is 19.2 Å². The van der Waals surface area contributed by atoms with Crippen LogP contribution in [0.15, 0.2) is 24.3 Å². The number of rotatable bonds is 5. The van der Waals surface area contributed by atoms with Gasteiger partial charge in [-0.05, 0) is 24.3 Å². The summed E-state index contributed by atoms with van der Waals surface area (Å²) in [5.41, 5.74) is 0.282. The summed E-state index contributed by atoms with van der Waals surface area (Å²) in [5, 5.41) is 2.45. The third kappa shape index (κ3) is 4.39. The van der Waals surface area contributed by atoms with Crippen molar-refractivity contribution in [3.63, 3.8) is 0 Å². The van der Waals surface area contributed by atoms with Gasteiger partial charge in [0.15, 0.2) is 0 Å². The molecule has 4 amide bonds. The lowest BCUT2D eigenvalue weighted by molar-refractivity contribution is -0.124. The Kier molecular flexibility index (Phi) is 4.50. The monoisotopic (exact) mass is 345 g/mol. The Morgan fingerprint density at radius 3 is 2.39 bits per heavy atom. The number of hydrogen-bond donors (Lipinski definition) is 1. The molecule has 23 heavy (non-hydrogen) atoms. The van der Waals surface area contributed by atoms with Crippen molar-refractivity contribution in [1.29, 1.82) is 0 Å². The molecule has 1 saturated heterocycles. The maximum absolute atomic E-state index is 12.3. The minimum Gasteiger partial charge on any atom is -0.358 e. The summed E-state index contributed by atoms with van der Waals surface area (Å²) in [5.74, 6) is -1.21. The van der Waals surface area contributed by atoms with Crippen LogP contribution >= 0.6 is 0 Å². The summed E-state index contributed by atoms with van der Waals surface area (Å²) >= 11 is 0. The summed E-state index contributed by atoms with van der Waals surface area (Å²) in [6, 6.07) is 4.31. The second-order valence-corrected chi connectivity index (χ2v) is 5.59. The molecule has 0 aliphatic carbocycles. The van der Waals surface area contributed by atoms with E-state index in [2.05, 4.69) is 9.50 Å². The number of urea groups is 1. The Morgan fingerprint density at radius 1 is 1.30 bits per heavy atom. The van der Waals surface area contributed by atoms with E-state index in [1.54, 1.807) is 0 Å². The Labute approximate surface area is 131 Å². The van der Waals surface area contributed by atoms with Crippen molar-refractivity contribution >= 4 is 34.0 Å². The molecule has 1 fully saturated rings. The molecular weight excluding hydrogens is 333 g/mol. The quantitative estimate of drug-likeness (QED) is 0.599. The lowest BCUT2D eigenvalue weighted by Gasteiger charge is -2.14. The molecule has 2 rings (SSSR count). The van der Waals surface area contributed by atoms with Gasteiger partial charge in [-0.1, -0.05) is 3.89 Å². The van der Waals surface area contributed by atoms with Gasteiger partial charge in [-0.3, -0.25) is 14.5 Å². The Morgan fingerprint density at radius 2 is 1.91 bits per heavy atom. The van der Waals surface area contributed by atoms with Crippen LogP contribution in [0.4, 0.5) is 14.4 Å². The fraction of sp³-hybridized carbons (Fsp3) is 0.250. The minimum atomic E-state index is -5.11. The van der Waals surface area contributed by atoms with Gasteiger partial charge >= 0.3 is 16.5 Å². The van der Waals surface area contributed by atoms with Crippen LogP contribution in [-0.4, -0.2) is 56.2 Å². The number of hydrogen-bond acceptors (Lipinski definition) is 6. The van der Waals surface area contributed by atoms with Gasteiger partial charge in [-0.15, -0.1) is 0 Å². The zero-order chi connectivity index (χ0) is 17.2. The summed E-state index contributed by atoms with van der Waals surface area (Å²) in [4.78, 5) is 36.8. The highest BCUT2D eigenvalue weighted by molar-refractivity contribution is 7.81. The van der Waals surface area contributed by atoms with Gasteiger partial charge < -0.3 is 14.4 Å². The van der Waals surface area contributed by atoms with Crippen LogP contribution in [0.1, 0.15) is 0 Å². The molecule has 0 unspecified atom stereocenters. The zero-order valence-corrected chi connectivity index (χ0v) is 12.7. The van der Waals surface area contributed by atoms with Crippen LogP contribution in [0.2, 0.25) is 0 Å². The van der Waals surface area contributed by atoms with Crippen molar-refractivity contribution in [2.24, 2.45) is 0 Å². The number of imide groups is 1. The molecule has 124 valence electrons. The number of carbonyl (C=O) groups excluding carboxylic acids is 3. The fourth-order valence-electron chi connectivity index (χ4n) is 1.86. The van der Waals surface area contributed by atoms with Crippen molar-refractivity contribution in [3.05, 3.63) is 24.3 Å². The van der Waals surface area contributed by atoms with Gasteiger partial charge in [0.1, 0.15) is 18.8 Å². The molecule has 1 aliphatic rings. The summed E-state index contributed by atoms with van der Waals surface area (Å²) in [6.07, 6.45) is 0. The lowest BCUT2D eigenvalue weighted by atomic mass is 10.3. The number of amides is 4. The molecule has 0 saturated carbocycles. The molecule has 1 aromatic rings. The van der Waals surface area contributed by atoms with Crippen LogP contribution in [0.3, 0.4) is 0 Å². The van der Waals surface area contributed by atoms with E-state index in [0.29, 0.717) is 0 Å². The molecule has 1 aromatic carbocycles. The number of anilines is 1. The fourth-order valence-corrected chi connectivity index (χ4v) is 2.20. The average Bonchev–Trinajstić information content (AvgIpc) is 2.67. The highest BCUT2D eigenvalue weighted by Crippen LogP contribution is 2.18. The van der Waals surface area contributed by atoms with Crippen molar-refractivity contribution in [2.75, 3.05) is 25.5 Å². The van der Waals surface area contributed by atoms with E-state index in [0.717, 1.165) is 21.9 Å². The third-order valence-corrected chi connectivity index (χ3v) is 3.32. The molecule has 1 heterocycles. The lowest BCUT2D eigenvalue weighted by Crippen LogP contribution is -2.36. The highest BCUT2D eigenvalue weighted by Gasteiger charge is 2.33. The summed E-state index contributed by atoms with van der Waals surface area (Å²) < 4.78 is 37.0. The molecule has 9 nitrogen and oxygen atoms in total. The first kappa shape index (κ1) is 16.7. The predicted octanol–water partition coefficient (Wildman–Crippen LogP) is 0.112. The van der Waals surface area contributed by atoms with Crippen molar-refractivity contribution in [3.8, 4) is 5.75 Å². The van der Waals surface area contributed by atoms with E-state index < -0.39 is 28.3 Å². The number of nitrogens with one attached hydrogen (secondary N) is 1. The molecule has 0 bridgehead atoms. The van der Waals surface area contributed by atoms with Gasteiger partial charge in [-0.25, -0.2) is 4.79 Å². The van der Waals surface area contributed by atoms with Crippen LogP contribution in [0, 0.1) is 0 Å². The number of benzene rings is 1. The Balaban J connectivity index is 1.93. The highest BCUT2D eigenvalue weighted by atomic mass is 32.3. The normalized spacial score (nSPS) is 15.0. The van der Waals surface area contributed by atoms with E-state index in [4.69, 9.17) is 0 Å². The third-order valence-electron chi connectivity index (χ3n) is 2.93. The second-order valence-electron chi connectivity index (χ2n) is 4.64. The van der Waals surface area contributed by atoms with Gasteiger partial charge in [0.2, 0.25) is 11.8 Å². The standard InChI is InChI=1S/C12H12FN3O6S/c1-15-11(18)7-16(12(15)19)6-10(17)14-8-2-4-9(5-3-8)22-23(13,20)21/h2-5H,6-7H2,1H3,(H,14,17). The predicted molar refractivity (Wildman–Crippen MR) is 75.5 cm³/mol. The number of carbonyl (C=O) groups is 3. The number of halogens is 1. The van der Waals surface area contributed by atoms with E-state index in [-0.39, 0.29) is 24.5 Å². The van der Waals surface area contributed by atoms with E-state index in [1.807, 2.05) is 0 Å².